The van der Waals surface area contributed by atoms with Crippen molar-refractivity contribution in [3.8, 4) is 11.3 Å². The van der Waals surface area contributed by atoms with Crippen molar-refractivity contribution in [2.24, 2.45) is 0 Å². The van der Waals surface area contributed by atoms with Crippen LogP contribution in [-0.4, -0.2) is 53.9 Å². The largest absolute Gasteiger partial charge is 0.396 e. The van der Waals surface area contributed by atoms with E-state index < -0.39 is 0 Å². The number of hydrogen-bond acceptors (Lipinski definition) is 5. The number of carbonyl (C=O) groups is 1. The van der Waals surface area contributed by atoms with Crippen LogP contribution in [0.4, 0.5) is 16.2 Å². The van der Waals surface area contributed by atoms with Crippen molar-refractivity contribution < 1.29 is 14.6 Å². The summed E-state index contributed by atoms with van der Waals surface area (Å²) >= 11 is 0. The van der Waals surface area contributed by atoms with Crippen LogP contribution in [0.1, 0.15) is 44.0 Å². The third-order valence-electron chi connectivity index (χ3n) is 7.57. The van der Waals surface area contributed by atoms with Crippen LogP contribution < -0.4 is 10.6 Å². The molecule has 7 nitrogen and oxygen atoms in total. The van der Waals surface area contributed by atoms with E-state index in [0.29, 0.717) is 12.8 Å². The number of carbonyl (C=O) groups excluding carboxylic acids is 1. The fourth-order valence-corrected chi connectivity index (χ4v) is 5.26. The van der Waals surface area contributed by atoms with Crippen molar-refractivity contribution in [1.82, 2.24) is 9.88 Å². The maximum Gasteiger partial charge on any atom is 0.323 e. The number of fused-ring (bicyclic) bond motifs is 1. The second-order valence-corrected chi connectivity index (χ2v) is 11.6. The molecule has 0 spiro atoms. The lowest BCUT2D eigenvalue weighted by Crippen LogP contribution is -2.35. The normalized spacial score (nSPS) is 14.2. The molecule has 0 aliphatic carbocycles. The second kappa shape index (κ2) is 12.8. The number of aryl methyl sites for hydroxylation is 1. The molecule has 4 aromatic rings. The molecule has 0 saturated carbocycles. The third-order valence-corrected chi connectivity index (χ3v) is 7.57. The highest BCUT2D eigenvalue weighted by atomic mass is 16.5. The molecule has 0 radical (unpaired) electrons. The van der Waals surface area contributed by atoms with Crippen molar-refractivity contribution >= 4 is 28.2 Å². The van der Waals surface area contributed by atoms with Crippen LogP contribution in [0.15, 0.2) is 72.8 Å². The minimum atomic E-state index is -0.301. The molecule has 0 bridgehead atoms. The Kier molecular flexibility index (Phi) is 8.98. The number of morpholine rings is 1. The molecular formula is C34H40N4O3. The van der Waals surface area contributed by atoms with Gasteiger partial charge in [-0.25, -0.2) is 4.79 Å². The monoisotopic (exact) mass is 552 g/mol. The molecule has 1 fully saturated rings. The van der Waals surface area contributed by atoms with Gasteiger partial charge in [-0.15, -0.1) is 0 Å². The van der Waals surface area contributed by atoms with Gasteiger partial charge in [-0.05, 0) is 59.0 Å². The van der Waals surface area contributed by atoms with Crippen LogP contribution >= 0.6 is 0 Å². The predicted molar refractivity (Wildman–Crippen MR) is 166 cm³/mol. The molecule has 2 amide bonds. The Morgan fingerprint density at radius 3 is 2.44 bits per heavy atom. The lowest BCUT2D eigenvalue weighted by molar-refractivity contribution is 0.0336. The zero-order valence-corrected chi connectivity index (χ0v) is 24.2. The molecular weight excluding hydrogens is 512 g/mol. The summed E-state index contributed by atoms with van der Waals surface area (Å²) in [5.41, 5.74) is 6.56. The van der Waals surface area contributed by atoms with Crippen LogP contribution in [0.3, 0.4) is 0 Å². The van der Waals surface area contributed by atoms with E-state index in [1.807, 2.05) is 42.5 Å². The standard InChI is InChI=1S/C34H40N4O3/c1-34(2,3)25-14-13-24(8-7-19-39)32(22-25)37-33(40)36-31-16-15-29(27-10-4-5-11-28(27)31)30-12-6-9-26(35-30)23-38-17-20-41-21-18-38/h4-6,9-16,22,39H,7-8,17-21,23H2,1-3H3,(H2,36,37,40). The number of rotatable bonds is 8. The van der Waals surface area contributed by atoms with Gasteiger partial charge in [0.15, 0.2) is 0 Å². The number of amides is 2. The zero-order chi connectivity index (χ0) is 28.8. The third kappa shape index (κ3) is 7.11. The number of nitrogens with zero attached hydrogens (tertiary/aromatic N) is 2. The summed E-state index contributed by atoms with van der Waals surface area (Å²) in [5.74, 6) is 0. The Labute approximate surface area is 242 Å². The van der Waals surface area contributed by atoms with Gasteiger partial charge in [-0.3, -0.25) is 9.88 Å². The summed E-state index contributed by atoms with van der Waals surface area (Å²) in [6.45, 7) is 10.7. The van der Waals surface area contributed by atoms with E-state index in [-0.39, 0.29) is 18.1 Å². The lowest BCUT2D eigenvalue weighted by atomic mass is 9.86. The first-order valence-electron chi connectivity index (χ1n) is 14.4. The molecule has 41 heavy (non-hydrogen) atoms. The van der Waals surface area contributed by atoms with Crippen LogP contribution in [0.25, 0.3) is 22.0 Å². The van der Waals surface area contributed by atoms with E-state index in [1.54, 1.807) is 0 Å². The van der Waals surface area contributed by atoms with Gasteiger partial charge in [0.25, 0.3) is 0 Å². The van der Waals surface area contributed by atoms with Crippen molar-refractivity contribution in [3.05, 3.63) is 89.6 Å². The Morgan fingerprint density at radius 1 is 0.927 bits per heavy atom. The molecule has 2 heterocycles. The summed E-state index contributed by atoms with van der Waals surface area (Å²) in [6, 6.07) is 24.2. The van der Waals surface area contributed by atoms with Crippen molar-refractivity contribution in [2.45, 2.75) is 45.6 Å². The molecule has 214 valence electrons. The van der Waals surface area contributed by atoms with Gasteiger partial charge < -0.3 is 20.5 Å². The van der Waals surface area contributed by atoms with E-state index >= 15 is 0 Å². The van der Waals surface area contributed by atoms with E-state index in [4.69, 9.17) is 9.72 Å². The Morgan fingerprint density at radius 2 is 1.68 bits per heavy atom. The number of benzene rings is 3. The topological polar surface area (TPSA) is 86.7 Å². The first kappa shape index (κ1) is 28.7. The molecule has 1 aliphatic rings. The summed E-state index contributed by atoms with van der Waals surface area (Å²) in [6.07, 6.45) is 1.32. The molecule has 3 N–H and O–H groups in total. The van der Waals surface area contributed by atoms with Gasteiger partial charge in [-0.1, -0.05) is 69.3 Å². The van der Waals surface area contributed by atoms with Gasteiger partial charge in [0, 0.05) is 42.9 Å². The highest BCUT2D eigenvalue weighted by Crippen LogP contribution is 2.33. The molecule has 3 aromatic carbocycles. The van der Waals surface area contributed by atoms with Gasteiger partial charge >= 0.3 is 6.03 Å². The number of anilines is 2. The predicted octanol–water partition coefficient (Wildman–Crippen LogP) is 6.60. The number of aliphatic hydroxyl groups excluding tert-OH is 1. The maximum absolute atomic E-state index is 13.3. The van der Waals surface area contributed by atoms with Crippen molar-refractivity contribution in [3.63, 3.8) is 0 Å². The SMILES string of the molecule is CC(C)(C)c1ccc(CCCO)c(NC(=O)Nc2ccc(-c3cccc(CN4CCOCC4)n3)c3ccccc23)c1. The average Bonchev–Trinajstić information content (AvgIpc) is 2.97. The van der Waals surface area contributed by atoms with Crippen LogP contribution in [0.2, 0.25) is 0 Å². The Balaban J connectivity index is 1.39. The summed E-state index contributed by atoms with van der Waals surface area (Å²) in [7, 11) is 0. The molecule has 7 heteroatoms. The van der Waals surface area contributed by atoms with E-state index in [2.05, 4.69) is 66.6 Å². The minimum Gasteiger partial charge on any atom is -0.396 e. The van der Waals surface area contributed by atoms with Crippen LogP contribution in [-0.2, 0) is 23.1 Å². The highest BCUT2D eigenvalue weighted by Gasteiger charge is 2.18. The molecule has 0 atom stereocenters. The lowest BCUT2D eigenvalue weighted by Gasteiger charge is -2.26. The van der Waals surface area contributed by atoms with E-state index in [9.17, 15) is 9.90 Å². The van der Waals surface area contributed by atoms with Crippen LogP contribution in [0.5, 0.6) is 0 Å². The van der Waals surface area contributed by atoms with E-state index in [0.717, 1.165) is 83.1 Å². The first-order valence-corrected chi connectivity index (χ1v) is 14.4. The molecule has 5 rings (SSSR count). The summed E-state index contributed by atoms with van der Waals surface area (Å²) < 4.78 is 5.48. The zero-order valence-electron chi connectivity index (χ0n) is 24.2. The minimum absolute atomic E-state index is 0.0536. The van der Waals surface area contributed by atoms with Gasteiger partial charge in [0.05, 0.1) is 30.3 Å². The number of urea groups is 1. The number of hydrogen-bond donors (Lipinski definition) is 3. The highest BCUT2D eigenvalue weighted by molar-refractivity contribution is 6.09. The maximum atomic E-state index is 13.3. The first-order chi connectivity index (χ1) is 19.8. The molecule has 0 unspecified atom stereocenters. The Hall–Kier alpha value is -3.78. The van der Waals surface area contributed by atoms with E-state index in [1.165, 1.54) is 0 Å². The van der Waals surface area contributed by atoms with Crippen molar-refractivity contribution in [2.75, 3.05) is 43.5 Å². The van der Waals surface area contributed by atoms with Gasteiger partial charge in [-0.2, -0.15) is 0 Å². The molecule has 1 saturated heterocycles. The number of aromatic nitrogens is 1. The quantitative estimate of drug-likeness (QED) is 0.229. The average molecular weight is 553 g/mol. The van der Waals surface area contributed by atoms with Gasteiger partial charge in [0.1, 0.15) is 0 Å². The molecule has 1 aromatic heterocycles. The van der Waals surface area contributed by atoms with Gasteiger partial charge in [0.2, 0.25) is 0 Å². The second-order valence-electron chi connectivity index (χ2n) is 11.6. The molecule has 1 aliphatic heterocycles. The smallest absolute Gasteiger partial charge is 0.323 e. The Bertz CT molecular complexity index is 1510. The van der Waals surface area contributed by atoms with Crippen molar-refractivity contribution in [1.29, 1.82) is 0 Å². The summed E-state index contributed by atoms with van der Waals surface area (Å²) in [5, 5.41) is 17.5. The summed E-state index contributed by atoms with van der Waals surface area (Å²) in [4.78, 5) is 20.7. The number of aliphatic hydroxyl groups is 1. The fraction of sp³-hybridized carbons (Fsp3) is 0.353. The fourth-order valence-electron chi connectivity index (χ4n) is 5.26. The number of ether oxygens (including phenoxy) is 1. The number of pyridine rings is 1. The van der Waals surface area contributed by atoms with Crippen LogP contribution in [0, 0.1) is 0 Å². The number of nitrogens with one attached hydrogen (secondary N) is 2.